The second-order valence-corrected chi connectivity index (χ2v) is 19.9. The van der Waals surface area contributed by atoms with Crippen LogP contribution in [-0.2, 0) is 11.0 Å². The Morgan fingerprint density at radius 3 is 2.50 bits per heavy atom. The van der Waals surface area contributed by atoms with Crippen LogP contribution in [0.15, 0.2) is 42.6 Å². The maximum Gasteiger partial charge on any atom is 0.404 e. The topological polar surface area (TPSA) is 177 Å². The highest BCUT2D eigenvalue weighted by molar-refractivity contribution is 6.74. The van der Waals surface area contributed by atoms with E-state index in [1.54, 1.807) is 19.2 Å². The third-order valence-corrected chi connectivity index (χ3v) is 15.0. The van der Waals surface area contributed by atoms with Crippen molar-refractivity contribution in [1.82, 2.24) is 24.9 Å². The van der Waals surface area contributed by atoms with Gasteiger partial charge in [-0.15, -0.1) is 5.10 Å². The molecule has 0 unspecified atom stereocenters. The Balaban J connectivity index is 1.36. The van der Waals surface area contributed by atoms with E-state index in [2.05, 4.69) is 71.6 Å². The molecule has 0 radical (unpaired) electrons. The summed E-state index contributed by atoms with van der Waals surface area (Å²) in [7, 11) is -0.663. The Kier molecular flexibility index (Phi) is 10.2. The molecule has 16 heteroatoms. The third-order valence-electron chi connectivity index (χ3n) is 10.1. The molecule has 0 spiro atoms. The lowest BCUT2D eigenvalue weighted by atomic mass is 10.0. The van der Waals surface area contributed by atoms with E-state index in [1.807, 2.05) is 29.2 Å². The predicted octanol–water partition coefficient (Wildman–Crippen LogP) is 6.68. The number of amides is 1. The fraction of sp³-hybridized carbons (Fsp3) is 0.444. The Morgan fingerprint density at radius 2 is 1.88 bits per heavy atom. The van der Waals surface area contributed by atoms with Gasteiger partial charge in [-0.25, -0.2) is 9.78 Å². The number of piperidine rings is 1. The van der Waals surface area contributed by atoms with Crippen LogP contribution in [0.3, 0.4) is 0 Å². The van der Waals surface area contributed by atoms with Crippen molar-refractivity contribution < 1.29 is 19.1 Å². The van der Waals surface area contributed by atoms with Gasteiger partial charge >= 0.3 is 6.09 Å². The highest BCUT2D eigenvalue weighted by Gasteiger charge is 2.43. The molecule has 2 aromatic heterocycles. The molecule has 0 bridgehead atoms. The number of hydrogen-bond donors (Lipinski definition) is 3. The summed E-state index contributed by atoms with van der Waals surface area (Å²) in [5.74, 6) is 1.49. The molecule has 14 nitrogen and oxygen atoms in total. The van der Waals surface area contributed by atoms with Crippen molar-refractivity contribution in [3.05, 3.63) is 64.4 Å². The highest BCUT2D eigenvalue weighted by Crippen LogP contribution is 2.41. The van der Waals surface area contributed by atoms with Crippen molar-refractivity contribution in [2.45, 2.75) is 82.9 Å². The minimum absolute atomic E-state index is 0.0944. The number of nitrogens with one attached hydrogen (secondary N) is 2. The van der Waals surface area contributed by atoms with Gasteiger partial charge in [-0.2, -0.15) is 20.0 Å². The number of fused-ring (bicyclic) bond motifs is 1. The summed E-state index contributed by atoms with van der Waals surface area (Å²) >= 11 is 7.14. The Morgan fingerprint density at radius 1 is 1.15 bits per heavy atom. The van der Waals surface area contributed by atoms with Crippen LogP contribution in [0.1, 0.15) is 56.9 Å². The Labute approximate surface area is 309 Å². The minimum Gasteiger partial charge on any atom is -0.497 e. The largest absolute Gasteiger partial charge is 0.497 e. The van der Waals surface area contributed by atoms with E-state index in [9.17, 15) is 20.4 Å². The number of carboxylic acid groups (broad SMARTS) is 1. The summed E-state index contributed by atoms with van der Waals surface area (Å²) in [6, 6.07) is 15.4. The van der Waals surface area contributed by atoms with Gasteiger partial charge in [0.2, 0.25) is 5.95 Å². The number of imidazole rings is 1. The van der Waals surface area contributed by atoms with Crippen molar-refractivity contribution in [2.24, 2.45) is 0 Å². The molecule has 1 aliphatic heterocycles. The smallest absolute Gasteiger partial charge is 0.404 e. The second kappa shape index (κ2) is 14.5. The van der Waals surface area contributed by atoms with Crippen molar-refractivity contribution in [3.63, 3.8) is 0 Å². The normalized spacial score (nSPS) is 17.7. The van der Waals surface area contributed by atoms with Gasteiger partial charge in [-0.05, 0) is 67.2 Å². The molecule has 2 atom stereocenters. The lowest BCUT2D eigenvalue weighted by Crippen LogP contribution is -2.59. The van der Waals surface area contributed by atoms with Crippen LogP contribution < -0.4 is 25.2 Å². The number of aromatic nitrogens is 4. The number of ether oxygens (including phenoxy) is 1. The fourth-order valence-corrected chi connectivity index (χ4v) is 7.75. The van der Waals surface area contributed by atoms with Crippen LogP contribution in [0.2, 0.25) is 23.2 Å². The summed E-state index contributed by atoms with van der Waals surface area (Å²) in [5, 5.41) is 40.4. The molecule has 3 N–H and O–H groups in total. The number of nitriles is 2. The van der Waals surface area contributed by atoms with Crippen LogP contribution in [0.25, 0.3) is 5.65 Å². The molecular formula is C36H43ClN10O4Si. The zero-order chi connectivity index (χ0) is 37.4. The van der Waals surface area contributed by atoms with E-state index >= 15 is 0 Å². The summed E-state index contributed by atoms with van der Waals surface area (Å²) in [4.78, 5) is 25.4. The highest BCUT2D eigenvalue weighted by atomic mass is 35.5. The standard InChI is InChI=1S/C36H43ClN10O4Si/c1-36(2,3)52(5,6)51-30-21-45(14-13-27(30)42-35(48)49)29-16-23(17-38)15-28(31(29)37)41-34-43-33(32-40-19-25(18-39)47(32)44-34)46(24-9-10-24)20-22-7-11-26(50-4)12-8-22/h7-8,11-12,15-16,19,24,27,30,42H,9-10,13-14,20-21H2,1-6H3,(H,41,44)(H,48,49)/t27-,30-/m1/s1. The van der Waals surface area contributed by atoms with Crippen molar-refractivity contribution in [3.8, 4) is 17.9 Å². The number of methoxy groups -OCH3 is 1. The fourth-order valence-electron chi connectivity index (χ4n) is 6.13. The first-order chi connectivity index (χ1) is 24.7. The average molecular weight is 743 g/mol. The lowest BCUT2D eigenvalue weighted by Gasteiger charge is -2.46. The molecule has 1 amide bonds. The van der Waals surface area contributed by atoms with Crippen LogP contribution in [0.5, 0.6) is 5.75 Å². The van der Waals surface area contributed by atoms with Gasteiger partial charge in [0.1, 0.15) is 11.8 Å². The molecule has 2 aromatic carbocycles. The third kappa shape index (κ3) is 7.72. The number of halogens is 1. The van der Waals surface area contributed by atoms with Gasteiger partial charge < -0.3 is 34.7 Å². The molecule has 2 fully saturated rings. The van der Waals surface area contributed by atoms with Gasteiger partial charge in [0.15, 0.2) is 25.5 Å². The van der Waals surface area contributed by atoms with Gasteiger partial charge in [-0.3, -0.25) is 0 Å². The summed E-state index contributed by atoms with van der Waals surface area (Å²) in [5.41, 5.74) is 3.10. The van der Waals surface area contributed by atoms with Crippen LogP contribution in [0.4, 0.5) is 27.9 Å². The first-order valence-electron chi connectivity index (χ1n) is 17.2. The average Bonchev–Trinajstić information content (AvgIpc) is 3.86. The van der Waals surface area contributed by atoms with Gasteiger partial charge in [-0.1, -0.05) is 44.5 Å². The molecule has 3 heterocycles. The molecule has 1 saturated heterocycles. The Hall–Kier alpha value is -5.09. The van der Waals surface area contributed by atoms with Crippen molar-refractivity contribution in [1.29, 1.82) is 10.5 Å². The van der Waals surface area contributed by atoms with E-state index < -0.39 is 26.6 Å². The van der Waals surface area contributed by atoms with E-state index in [0.29, 0.717) is 59.5 Å². The van der Waals surface area contributed by atoms with Crippen LogP contribution >= 0.6 is 11.6 Å². The monoisotopic (exact) mass is 742 g/mol. The zero-order valence-electron chi connectivity index (χ0n) is 30.1. The number of benzene rings is 2. The second-order valence-electron chi connectivity index (χ2n) is 14.8. The number of hydrogen-bond acceptors (Lipinski definition) is 11. The van der Waals surface area contributed by atoms with Crippen LogP contribution in [-0.4, -0.2) is 77.5 Å². The molecule has 272 valence electrons. The SMILES string of the molecule is COc1ccc(CN(c2nc(Nc3cc(C#N)cc(N4CC[C@@H](NC(=O)O)[C@H](O[Si](C)(C)C(C)(C)C)C4)c3Cl)nn3c(C#N)cnc23)C2CC2)cc1. The number of carbonyl (C=O) groups is 1. The van der Waals surface area contributed by atoms with E-state index in [-0.39, 0.29) is 22.7 Å². The quantitative estimate of drug-likeness (QED) is 0.139. The van der Waals surface area contributed by atoms with E-state index in [0.717, 1.165) is 24.2 Å². The van der Waals surface area contributed by atoms with Crippen LogP contribution in [0, 0.1) is 22.7 Å². The molecule has 2 aliphatic rings. The zero-order valence-corrected chi connectivity index (χ0v) is 31.9. The molecule has 4 aromatic rings. The van der Waals surface area contributed by atoms with Gasteiger partial charge in [0.05, 0.1) is 53.5 Å². The predicted molar refractivity (Wildman–Crippen MR) is 201 cm³/mol. The molecule has 1 aliphatic carbocycles. The molecular weight excluding hydrogens is 700 g/mol. The van der Waals surface area contributed by atoms with Gasteiger partial charge in [0, 0.05) is 25.7 Å². The van der Waals surface area contributed by atoms with Gasteiger partial charge in [0.25, 0.3) is 0 Å². The maximum atomic E-state index is 11.7. The minimum atomic E-state index is -2.30. The number of nitrogens with zero attached hydrogens (tertiary/aromatic N) is 8. The first-order valence-corrected chi connectivity index (χ1v) is 20.5. The van der Waals surface area contributed by atoms with Crippen molar-refractivity contribution >= 4 is 54.8 Å². The van der Waals surface area contributed by atoms with E-state index in [4.69, 9.17) is 25.7 Å². The van der Waals surface area contributed by atoms with Crippen molar-refractivity contribution in [2.75, 3.05) is 35.3 Å². The molecule has 6 rings (SSSR count). The first kappa shape index (κ1) is 36.7. The lowest BCUT2D eigenvalue weighted by molar-refractivity contribution is 0.115. The maximum absolute atomic E-state index is 11.7. The summed E-state index contributed by atoms with van der Waals surface area (Å²) in [6.45, 7) is 12.1. The van der Waals surface area contributed by atoms with E-state index in [1.165, 1.54) is 10.7 Å². The summed E-state index contributed by atoms with van der Waals surface area (Å²) < 4.78 is 13.6. The molecule has 1 saturated carbocycles. The number of anilines is 4. The Bertz CT molecular complexity index is 2050. The number of rotatable bonds is 11. The molecule has 52 heavy (non-hydrogen) atoms. The summed E-state index contributed by atoms with van der Waals surface area (Å²) in [6.07, 6.45) is 2.38.